The van der Waals surface area contributed by atoms with Crippen LogP contribution in [-0.4, -0.2) is 22.0 Å². The van der Waals surface area contributed by atoms with E-state index < -0.39 is 0 Å². The Morgan fingerprint density at radius 3 is 2.74 bits per heavy atom. The van der Waals surface area contributed by atoms with E-state index in [9.17, 15) is 4.79 Å². The molecule has 1 fully saturated rings. The van der Waals surface area contributed by atoms with Crippen molar-refractivity contribution in [1.82, 2.24) is 9.97 Å². The first-order valence-electron chi connectivity index (χ1n) is 6.96. The van der Waals surface area contributed by atoms with Crippen LogP contribution in [0.1, 0.15) is 62.8 Å². The molecule has 3 N–H and O–H groups in total. The number of aromatic amines is 1. The summed E-state index contributed by atoms with van der Waals surface area (Å²) >= 11 is 0. The van der Waals surface area contributed by atoms with E-state index >= 15 is 0 Å². The van der Waals surface area contributed by atoms with Crippen molar-refractivity contribution in [2.24, 2.45) is 11.7 Å². The van der Waals surface area contributed by atoms with Crippen molar-refractivity contribution in [2.75, 3.05) is 0 Å². The van der Waals surface area contributed by atoms with E-state index in [0.717, 1.165) is 25.7 Å². The summed E-state index contributed by atoms with van der Waals surface area (Å²) in [7, 11) is 0. The molecule has 1 heterocycles. The monoisotopic (exact) mass is 265 g/mol. The van der Waals surface area contributed by atoms with Crippen LogP contribution in [0.3, 0.4) is 0 Å². The number of nitrogens with one attached hydrogen (secondary N) is 1. The van der Waals surface area contributed by atoms with Crippen LogP contribution in [0.25, 0.3) is 0 Å². The molecule has 0 bridgehead atoms. The normalized spacial score (nSPS) is 19.0. The molecule has 2 rings (SSSR count). The van der Waals surface area contributed by atoms with Crippen LogP contribution in [0.5, 0.6) is 0 Å². The molecule has 5 nitrogen and oxygen atoms in total. The number of hydrogen-bond donors (Lipinski definition) is 2. The molecule has 0 aliphatic heterocycles. The third-order valence-electron chi connectivity index (χ3n) is 3.62. The predicted octanol–water partition coefficient (Wildman–Crippen LogP) is 2.34. The van der Waals surface area contributed by atoms with Crippen molar-refractivity contribution in [3.63, 3.8) is 0 Å². The predicted molar refractivity (Wildman–Crippen MR) is 72.6 cm³/mol. The Morgan fingerprint density at radius 2 is 2.21 bits per heavy atom. The Labute approximate surface area is 113 Å². The second-order valence-electron chi connectivity index (χ2n) is 6.00. The summed E-state index contributed by atoms with van der Waals surface area (Å²) in [5.41, 5.74) is 6.18. The molecule has 0 spiro atoms. The number of H-pyrrole nitrogens is 1. The summed E-state index contributed by atoms with van der Waals surface area (Å²) in [5.74, 6) is 0.847. The van der Waals surface area contributed by atoms with Crippen LogP contribution < -0.4 is 5.73 Å². The van der Waals surface area contributed by atoms with E-state index in [-0.39, 0.29) is 17.6 Å². The smallest absolute Gasteiger partial charge is 0.356 e. The first kappa shape index (κ1) is 14.1. The molecule has 19 heavy (non-hydrogen) atoms. The van der Waals surface area contributed by atoms with Gasteiger partial charge in [-0.25, -0.2) is 9.78 Å². The van der Waals surface area contributed by atoms with Gasteiger partial charge in [0.05, 0.1) is 17.8 Å². The first-order chi connectivity index (χ1) is 8.90. The lowest BCUT2D eigenvalue weighted by Gasteiger charge is -2.35. The molecule has 1 atom stereocenters. The highest BCUT2D eigenvalue weighted by Gasteiger charge is 2.37. The van der Waals surface area contributed by atoms with E-state index in [4.69, 9.17) is 10.5 Å². The van der Waals surface area contributed by atoms with E-state index in [1.54, 1.807) is 0 Å². The van der Waals surface area contributed by atoms with Gasteiger partial charge in [0.1, 0.15) is 11.5 Å². The zero-order valence-electron chi connectivity index (χ0n) is 11.9. The van der Waals surface area contributed by atoms with Gasteiger partial charge in [0.2, 0.25) is 0 Å². The molecular weight excluding hydrogens is 242 g/mol. The molecular formula is C14H23N3O2. The van der Waals surface area contributed by atoms with Crippen LogP contribution in [0, 0.1) is 5.92 Å². The van der Waals surface area contributed by atoms with Crippen molar-refractivity contribution < 1.29 is 9.53 Å². The number of nitrogens with zero attached hydrogens (tertiary/aromatic N) is 1. The van der Waals surface area contributed by atoms with Crippen LogP contribution in [0.4, 0.5) is 0 Å². The quantitative estimate of drug-likeness (QED) is 0.801. The average molecular weight is 265 g/mol. The summed E-state index contributed by atoms with van der Waals surface area (Å²) in [4.78, 5) is 19.2. The molecule has 0 saturated heterocycles. The van der Waals surface area contributed by atoms with Gasteiger partial charge in [-0.1, -0.05) is 13.8 Å². The Kier molecular flexibility index (Phi) is 3.94. The summed E-state index contributed by atoms with van der Waals surface area (Å²) in [6.45, 7) is 6.12. The molecule has 1 aliphatic rings. The van der Waals surface area contributed by atoms with Gasteiger partial charge in [-0.05, 0) is 38.5 Å². The lowest BCUT2D eigenvalue weighted by atomic mass is 9.77. The van der Waals surface area contributed by atoms with Gasteiger partial charge < -0.3 is 15.5 Å². The van der Waals surface area contributed by atoms with E-state index in [1.807, 2.05) is 6.92 Å². The van der Waals surface area contributed by atoms with Crippen molar-refractivity contribution in [1.29, 1.82) is 0 Å². The third kappa shape index (κ3) is 3.15. The van der Waals surface area contributed by atoms with Gasteiger partial charge in [-0.15, -0.1) is 0 Å². The fraction of sp³-hybridized carbons (Fsp3) is 0.714. The third-order valence-corrected chi connectivity index (χ3v) is 3.62. The summed E-state index contributed by atoms with van der Waals surface area (Å²) in [6, 6.07) is 0. The highest BCUT2D eigenvalue weighted by molar-refractivity contribution is 5.87. The molecule has 1 aliphatic carbocycles. The zero-order chi connectivity index (χ0) is 14.0. The Morgan fingerprint density at radius 1 is 1.53 bits per heavy atom. The number of aromatic nitrogens is 2. The van der Waals surface area contributed by atoms with Gasteiger partial charge >= 0.3 is 5.97 Å². The highest BCUT2D eigenvalue weighted by atomic mass is 16.5. The number of rotatable bonds is 5. The zero-order valence-corrected chi connectivity index (χ0v) is 11.9. The van der Waals surface area contributed by atoms with Gasteiger partial charge in [-0.2, -0.15) is 0 Å². The number of imidazole rings is 1. The SMILES string of the molecule is CC(C)CC(C)OC(=O)c1cnc(C2(N)CCC2)[nH]1. The number of esters is 1. The van der Waals surface area contributed by atoms with Gasteiger partial charge in [0, 0.05) is 0 Å². The molecule has 0 radical (unpaired) electrons. The van der Waals surface area contributed by atoms with Gasteiger partial charge in [0.15, 0.2) is 0 Å². The van der Waals surface area contributed by atoms with Crippen molar-refractivity contribution in [3.8, 4) is 0 Å². The molecule has 0 aromatic carbocycles. The number of carbonyl (C=O) groups is 1. The van der Waals surface area contributed by atoms with E-state index in [2.05, 4.69) is 23.8 Å². The minimum Gasteiger partial charge on any atom is -0.458 e. The minimum absolute atomic E-state index is 0.0882. The van der Waals surface area contributed by atoms with E-state index in [1.165, 1.54) is 6.20 Å². The Hall–Kier alpha value is -1.36. The minimum atomic E-state index is -0.373. The highest BCUT2D eigenvalue weighted by Crippen LogP contribution is 2.36. The summed E-state index contributed by atoms with van der Waals surface area (Å²) < 4.78 is 5.37. The number of carbonyl (C=O) groups excluding carboxylic acids is 1. The maximum Gasteiger partial charge on any atom is 0.356 e. The largest absolute Gasteiger partial charge is 0.458 e. The fourth-order valence-electron chi connectivity index (χ4n) is 2.43. The summed E-state index contributed by atoms with van der Waals surface area (Å²) in [6.07, 6.45) is 5.23. The van der Waals surface area contributed by atoms with Gasteiger partial charge in [-0.3, -0.25) is 0 Å². The molecule has 1 aromatic heterocycles. The number of ether oxygens (including phenoxy) is 1. The average Bonchev–Trinajstić information content (AvgIpc) is 2.73. The van der Waals surface area contributed by atoms with Crippen LogP contribution in [0.2, 0.25) is 0 Å². The van der Waals surface area contributed by atoms with Crippen LogP contribution >= 0.6 is 0 Å². The van der Waals surface area contributed by atoms with E-state index in [0.29, 0.717) is 17.4 Å². The maximum absolute atomic E-state index is 11.9. The topological polar surface area (TPSA) is 81.0 Å². The summed E-state index contributed by atoms with van der Waals surface area (Å²) in [5, 5.41) is 0. The molecule has 1 aromatic rings. The molecule has 106 valence electrons. The van der Waals surface area contributed by atoms with Crippen molar-refractivity contribution in [2.45, 2.75) is 58.1 Å². The fourth-order valence-corrected chi connectivity index (χ4v) is 2.43. The number of nitrogens with two attached hydrogens (primary N) is 1. The Bertz CT molecular complexity index is 449. The molecule has 0 amide bonds. The lowest BCUT2D eigenvalue weighted by molar-refractivity contribution is 0.0293. The Balaban J connectivity index is 1.96. The second kappa shape index (κ2) is 5.33. The lowest BCUT2D eigenvalue weighted by Crippen LogP contribution is -2.44. The second-order valence-corrected chi connectivity index (χ2v) is 6.00. The molecule has 1 saturated carbocycles. The maximum atomic E-state index is 11.9. The molecule has 5 heteroatoms. The van der Waals surface area contributed by atoms with Crippen molar-refractivity contribution >= 4 is 5.97 Å². The standard InChI is InChI=1S/C14H23N3O2/c1-9(2)7-10(3)19-12(18)11-8-16-13(17-11)14(15)5-4-6-14/h8-10H,4-7,15H2,1-3H3,(H,16,17). The van der Waals surface area contributed by atoms with Gasteiger partial charge in [0.25, 0.3) is 0 Å². The molecule has 1 unspecified atom stereocenters. The van der Waals surface area contributed by atoms with Crippen LogP contribution in [0.15, 0.2) is 6.20 Å². The van der Waals surface area contributed by atoms with Crippen LogP contribution in [-0.2, 0) is 10.3 Å². The van der Waals surface area contributed by atoms with Crippen molar-refractivity contribution in [3.05, 3.63) is 17.7 Å². The number of hydrogen-bond acceptors (Lipinski definition) is 4. The first-order valence-corrected chi connectivity index (χ1v) is 6.96.